The van der Waals surface area contributed by atoms with Gasteiger partial charge in [-0.15, -0.1) is 0 Å². The molecule has 2 unspecified atom stereocenters. The summed E-state index contributed by atoms with van der Waals surface area (Å²) in [5, 5.41) is 9.06. The van der Waals surface area contributed by atoms with Crippen molar-refractivity contribution in [3.8, 4) is 0 Å². The van der Waals surface area contributed by atoms with E-state index in [0.717, 1.165) is 6.08 Å². The van der Waals surface area contributed by atoms with Crippen molar-refractivity contribution in [1.82, 2.24) is 4.90 Å². The molecule has 0 saturated carbocycles. The molecule has 20 heavy (non-hydrogen) atoms. The summed E-state index contributed by atoms with van der Waals surface area (Å²) in [5.74, 6) is -0.870. The van der Waals surface area contributed by atoms with Gasteiger partial charge in [0.2, 0.25) is 0 Å². The second kappa shape index (κ2) is 5.98. The van der Waals surface area contributed by atoms with Crippen LogP contribution in [0.2, 0.25) is 0 Å². The summed E-state index contributed by atoms with van der Waals surface area (Å²) in [6.45, 7) is -1.42. The number of nitrogens with zero attached hydrogens (tertiary/aromatic N) is 1. The predicted molar refractivity (Wildman–Crippen MR) is 67.3 cm³/mol. The molecule has 0 saturated heterocycles. The molecule has 1 aliphatic heterocycles. The highest BCUT2D eigenvalue weighted by Crippen LogP contribution is 2.35. The van der Waals surface area contributed by atoms with E-state index in [-0.39, 0.29) is 0 Å². The molecule has 1 rings (SSSR count). The van der Waals surface area contributed by atoms with E-state index in [1.165, 1.54) is 18.0 Å². The highest BCUT2D eigenvalue weighted by atomic mass is 79.9. The summed E-state index contributed by atoms with van der Waals surface area (Å²) in [6, 6.07) is -1.44. The Balaban J connectivity index is 3.05. The lowest BCUT2D eigenvalue weighted by Crippen LogP contribution is -2.61. The number of likely N-dealkylation sites (N-methyl/N-ethyl adjacent to an activating group) is 1. The fourth-order valence-electron chi connectivity index (χ4n) is 2.04. The van der Waals surface area contributed by atoms with Gasteiger partial charge in [0.15, 0.2) is 6.10 Å². The normalized spacial score (nSPS) is 24.9. The second-order valence-corrected chi connectivity index (χ2v) is 5.50. The van der Waals surface area contributed by atoms with Gasteiger partial charge in [0.1, 0.15) is 18.5 Å². The van der Waals surface area contributed by atoms with Crippen LogP contribution < -0.4 is 5.73 Å². The first-order valence-electron chi connectivity index (χ1n) is 5.58. The fourth-order valence-corrected chi connectivity index (χ4v) is 2.38. The number of nitrogens with two attached hydrogens (primary N) is 1. The molecule has 0 radical (unpaired) electrons. The van der Waals surface area contributed by atoms with Crippen molar-refractivity contribution in [2.75, 3.05) is 13.7 Å². The molecule has 3 nitrogen and oxygen atoms in total. The van der Waals surface area contributed by atoms with Crippen LogP contribution in [0.3, 0.4) is 0 Å². The lowest BCUT2D eigenvalue weighted by Gasteiger charge is -2.43. The Bertz CT molecular complexity index is 426. The third-order valence-electron chi connectivity index (χ3n) is 3.11. The molecule has 0 aromatic heterocycles. The third-order valence-corrected chi connectivity index (χ3v) is 3.93. The summed E-state index contributed by atoms with van der Waals surface area (Å²) in [4.78, 5) is 1.18. The lowest BCUT2D eigenvalue weighted by atomic mass is 9.84. The van der Waals surface area contributed by atoms with Crippen LogP contribution in [0.5, 0.6) is 0 Å². The van der Waals surface area contributed by atoms with Crippen molar-refractivity contribution in [3.05, 3.63) is 22.6 Å². The minimum Gasteiger partial charge on any atom is -0.384 e. The molecule has 9 heteroatoms. The number of allylic oxidation sites excluding steroid dienone is 2. The SMILES string of the molecule is CN1C(Br)=CC=C(F)C1C(N)(CF)C[C@H](O)C(F)(F)F. The molecule has 3 atom stereocenters. The zero-order chi connectivity index (χ0) is 15.7. The molecule has 3 N–H and O–H groups in total. The largest absolute Gasteiger partial charge is 0.414 e. The minimum absolute atomic E-state index is 0.341. The van der Waals surface area contributed by atoms with Gasteiger partial charge in [-0.05, 0) is 28.1 Å². The van der Waals surface area contributed by atoms with E-state index in [4.69, 9.17) is 10.8 Å². The van der Waals surface area contributed by atoms with Crippen molar-refractivity contribution in [1.29, 1.82) is 0 Å². The Kier molecular flexibility index (Phi) is 5.20. The first-order valence-corrected chi connectivity index (χ1v) is 6.37. The first kappa shape index (κ1) is 17.4. The molecule has 1 heterocycles. The summed E-state index contributed by atoms with van der Waals surface area (Å²) in [7, 11) is 1.36. The Labute approximate surface area is 121 Å². The van der Waals surface area contributed by atoms with Crippen LogP contribution in [0.1, 0.15) is 6.42 Å². The molecule has 0 amide bonds. The van der Waals surface area contributed by atoms with Gasteiger partial charge in [-0.1, -0.05) is 0 Å². The van der Waals surface area contributed by atoms with Gasteiger partial charge in [0.05, 0.1) is 10.1 Å². The average Bonchev–Trinajstić information content (AvgIpc) is 2.33. The third kappa shape index (κ3) is 3.50. The minimum atomic E-state index is -4.94. The standard InChI is InChI=1S/C11H14BrF5N2O/c1-19-8(12)3-2-6(14)9(19)10(18,5-13)4-7(20)11(15,16)17/h2-3,7,9,20H,4-5,18H2,1H3/t7-,9?,10?/m0/s1. The topological polar surface area (TPSA) is 49.5 Å². The highest BCUT2D eigenvalue weighted by Gasteiger charge is 2.49. The summed E-state index contributed by atoms with van der Waals surface area (Å²) in [6.07, 6.45) is -6.60. The highest BCUT2D eigenvalue weighted by molar-refractivity contribution is 9.11. The van der Waals surface area contributed by atoms with Crippen LogP contribution >= 0.6 is 15.9 Å². The van der Waals surface area contributed by atoms with Gasteiger partial charge in [-0.3, -0.25) is 0 Å². The Morgan fingerprint density at radius 3 is 2.45 bits per heavy atom. The molecule has 0 aromatic carbocycles. The van der Waals surface area contributed by atoms with Crippen molar-refractivity contribution in [2.45, 2.75) is 30.3 Å². The summed E-state index contributed by atoms with van der Waals surface area (Å²) in [5.41, 5.74) is 3.40. The van der Waals surface area contributed by atoms with E-state index >= 15 is 0 Å². The van der Waals surface area contributed by atoms with Crippen molar-refractivity contribution in [3.63, 3.8) is 0 Å². The maximum absolute atomic E-state index is 13.8. The molecule has 0 fully saturated rings. The number of hydrogen-bond acceptors (Lipinski definition) is 3. The van der Waals surface area contributed by atoms with E-state index in [9.17, 15) is 22.0 Å². The first-order chi connectivity index (χ1) is 9.03. The average molecular weight is 365 g/mol. The number of aliphatic hydroxyl groups is 1. The maximum Gasteiger partial charge on any atom is 0.414 e. The molecule has 1 aliphatic rings. The number of hydrogen-bond donors (Lipinski definition) is 2. The number of alkyl halides is 4. The Hall–Kier alpha value is -0.670. The predicted octanol–water partition coefficient (Wildman–Crippen LogP) is 2.37. The van der Waals surface area contributed by atoms with Crippen molar-refractivity contribution >= 4 is 15.9 Å². The van der Waals surface area contributed by atoms with Gasteiger partial charge in [-0.25, -0.2) is 8.78 Å². The van der Waals surface area contributed by atoms with Crippen LogP contribution in [0.25, 0.3) is 0 Å². The van der Waals surface area contributed by atoms with Crippen molar-refractivity contribution in [2.24, 2.45) is 5.73 Å². The summed E-state index contributed by atoms with van der Waals surface area (Å²) >= 11 is 3.06. The van der Waals surface area contributed by atoms with Gasteiger partial charge in [0, 0.05) is 13.5 Å². The number of rotatable bonds is 4. The van der Waals surface area contributed by atoms with Gasteiger partial charge >= 0.3 is 6.18 Å². The van der Waals surface area contributed by atoms with Gasteiger partial charge < -0.3 is 15.7 Å². The number of aliphatic hydroxyl groups excluding tert-OH is 1. The maximum atomic E-state index is 13.8. The second-order valence-electron chi connectivity index (χ2n) is 4.68. The molecule has 116 valence electrons. The van der Waals surface area contributed by atoms with Crippen LogP contribution in [-0.4, -0.2) is 47.6 Å². The Morgan fingerprint density at radius 1 is 1.45 bits per heavy atom. The monoisotopic (exact) mass is 364 g/mol. The van der Waals surface area contributed by atoms with E-state index < -0.39 is 42.8 Å². The molecular formula is C11H14BrF5N2O. The molecule has 0 aliphatic carbocycles. The van der Waals surface area contributed by atoms with Gasteiger partial charge in [0.25, 0.3) is 0 Å². The van der Waals surface area contributed by atoms with E-state index in [0.29, 0.717) is 4.61 Å². The quantitative estimate of drug-likeness (QED) is 0.594. The zero-order valence-corrected chi connectivity index (χ0v) is 12.0. The van der Waals surface area contributed by atoms with Crippen LogP contribution in [0.4, 0.5) is 22.0 Å². The van der Waals surface area contributed by atoms with E-state index in [1.807, 2.05) is 0 Å². The Morgan fingerprint density at radius 2 is 2.00 bits per heavy atom. The van der Waals surface area contributed by atoms with Crippen LogP contribution in [0, 0.1) is 0 Å². The molecule has 0 spiro atoms. The summed E-state index contributed by atoms with van der Waals surface area (Å²) < 4.78 is 64.5. The van der Waals surface area contributed by atoms with E-state index in [1.54, 1.807) is 0 Å². The fraction of sp³-hybridized carbons (Fsp3) is 0.636. The van der Waals surface area contributed by atoms with Crippen LogP contribution in [-0.2, 0) is 0 Å². The smallest absolute Gasteiger partial charge is 0.384 e. The molecular weight excluding hydrogens is 351 g/mol. The molecule has 0 bridgehead atoms. The van der Waals surface area contributed by atoms with Crippen molar-refractivity contribution < 1.29 is 27.1 Å². The molecule has 0 aromatic rings. The zero-order valence-electron chi connectivity index (χ0n) is 10.5. The van der Waals surface area contributed by atoms with Crippen LogP contribution in [0.15, 0.2) is 22.6 Å². The lowest BCUT2D eigenvalue weighted by molar-refractivity contribution is -0.210. The number of halogens is 6. The van der Waals surface area contributed by atoms with Gasteiger partial charge in [-0.2, -0.15) is 13.2 Å². The van der Waals surface area contributed by atoms with E-state index in [2.05, 4.69) is 15.9 Å².